The zero-order valence-electron chi connectivity index (χ0n) is 7.08. The summed E-state index contributed by atoms with van der Waals surface area (Å²) >= 11 is 0. The van der Waals surface area contributed by atoms with Gasteiger partial charge >= 0.3 is 0 Å². The average Bonchev–Trinajstić information content (AvgIpc) is 2.47. The third-order valence-electron chi connectivity index (χ3n) is 1.22. The first kappa shape index (κ1) is 10.6. The molecule has 7 nitrogen and oxygen atoms in total. The van der Waals surface area contributed by atoms with Gasteiger partial charge in [-0.3, -0.25) is 0 Å². The van der Waals surface area contributed by atoms with Crippen LogP contribution in [0.1, 0.15) is 0 Å². The minimum Gasteiger partial charge on any atom is -0.359 e. The van der Waals surface area contributed by atoms with Crippen molar-refractivity contribution in [3.8, 4) is 0 Å². The SMILES string of the molecule is NS(N)(=O)=O.c1ncc2[nH]ccc2n1. The van der Waals surface area contributed by atoms with Crippen LogP contribution >= 0.6 is 0 Å². The van der Waals surface area contributed by atoms with Crippen LogP contribution in [0.25, 0.3) is 11.0 Å². The minimum atomic E-state index is -3.67. The summed E-state index contributed by atoms with van der Waals surface area (Å²) in [7, 11) is -3.67. The van der Waals surface area contributed by atoms with Gasteiger partial charge in [0.05, 0.1) is 17.2 Å². The molecule has 0 spiro atoms. The summed E-state index contributed by atoms with van der Waals surface area (Å²) in [6.45, 7) is 0. The number of fused-ring (bicyclic) bond motifs is 1. The van der Waals surface area contributed by atoms with Gasteiger partial charge in [0, 0.05) is 6.20 Å². The Hall–Kier alpha value is -1.51. The van der Waals surface area contributed by atoms with Crippen LogP contribution in [0.5, 0.6) is 0 Å². The molecule has 0 aromatic carbocycles. The number of rotatable bonds is 0. The van der Waals surface area contributed by atoms with E-state index in [9.17, 15) is 8.42 Å². The highest BCUT2D eigenvalue weighted by Crippen LogP contribution is 2.03. The van der Waals surface area contributed by atoms with E-state index in [4.69, 9.17) is 0 Å². The van der Waals surface area contributed by atoms with E-state index in [0.717, 1.165) is 11.0 Å². The van der Waals surface area contributed by atoms with Gasteiger partial charge in [-0.1, -0.05) is 0 Å². The topological polar surface area (TPSA) is 128 Å². The van der Waals surface area contributed by atoms with Gasteiger partial charge in [-0.15, -0.1) is 0 Å². The summed E-state index contributed by atoms with van der Waals surface area (Å²) in [6.07, 6.45) is 5.14. The first-order chi connectivity index (χ1) is 6.47. The van der Waals surface area contributed by atoms with Crippen molar-refractivity contribution in [3.63, 3.8) is 0 Å². The Bertz CT molecular complexity index is 467. The van der Waals surface area contributed by atoms with Crippen LogP contribution in [-0.2, 0) is 10.2 Å². The first-order valence-corrected chi connectivity index (χ1v) is 5.11. The quantitative estimate of drug-likeness (QED) is 0.526. The zero-order chi connectivity index (χ0) is 10.6. The molecule has 0 radical (unpaired) electrons. The lowest BCUT2D eigenvalue weighted by Crippen LogP contribution is -2.21. The molecule has 0 aliphatic carbocycles. The fourth-order valence-electron chi connectivity index (χ4n) is 0.793. The van der Waals surface area contributed by atoms with Crippen molar-refractivity contribution in [2.75, 3.05) is 0 Å². The standard InChI is InChI=1S/C6H5N3.H4N2O2S/c1-2-8-6-3-7-4-9-5(1)6;1-5(2,3)4/h1-4,8H;(H4,1,2,3,4). The predicted molar refractivity (Wildman–Crippen MR) is 51.2 cm³/mol. The monoisotopic (exact) mass is 215 g/mol. The van der Waals surface area contributed by atoms with E-state index in [0.29, 0.717) is 0 Å². The lowest BCUT2D eigenvalue weighted by atomic mass is 10.5. The molecule has 2 heterocycles. The number of H-pyrrole nitrogens is 1. The smallest absolute Gasteiger partial charge is 0.271 e. The molecule has 0 saturated heterocycles. The highest BCUT2D eigenvalue weighted by molar-refractivity contribution is 7.86. The van der Waals surface area contributed by atoms with E-state index in [2.05, 4.69) is 25.2 Å². The van der Waals surface area contributed by atoms with E-state index < -0.39 is 10.2 Å². The maximum absolute atomic E-state index is 9.19. The molecule has 0 fully saturated rings. The fourth-order valence-corrected chi connectivity index (χ4v) is 0.793. The van der Waals surface area contributed by atoms with E-state index in [1.54, 1.807) is 6.20 Å². The van der Waals surface area contributed by atoms with Crippen molar-refractivity contribution >= 4 is 21.2 Å². The fraction of sp³-hybridized carbons (Fsp3) is 0. The molecule has 0 unspecified atom stereocenters. The Morgan fingerprint density at radius 2 is 2.00 bits per heavy atom. The molecule has 2 rings (SSSR count). The van der Waals surface area contributed by atoms with Crippen molar-refractivity contribution in [1.29, 1.82) is 0 Å². The van der Waals surface area contributed by atoms with E-state index >= 15 is 0 Å². The van der Waals surface area contributed by atoms with Crippen molar-refractivity contribution < 1.29 is 8.42 Å². The van der Waals surface area contributed by atoms with E-state index in [1.165, 1.54) is 6.33 Å². The summed E-state index contributed by atoms with van der Waals surface area (Å²) in [5.41, 5.74) is 1.95. The Labute approximate surface area is 80.3 Å². The lowest BCUT2D eigenvalue weighted by molar-refractivity contribution is 0.599. The number of hydrogen-bond donors (Lipinski definition) is 3. The van der Waals surface area contributed by atoms with Gasteiger partial charge in [0.15, 0.2) is 0 Å². The molecular weight excluding hydrogens is 206 g/mol. The van der Waals surface area contributed by atoms with Crippen LogP contribution in [0.2, 0.25) is 0 Å². The molecule has 0 amide bonds. The van der Waals surface area contributed by atoms with Crippen molar-refractivity contribution in [2.24, 2.45) is 10.3 Å². The maximum atomic E-state index is 9.19. The second kappa shape index (κ2) is 4.13. The van der Waals surface area contributed by atoms with Crippen LogP contribution in [0.15, 0.2) is 24.8 Å². The number of aromatic nitrogens is 3. The van der Waals surface area contributed by atoms with Crippen LogP contribution < -0.4 is 10.3 Å². The zero-order valence-corrected chi connectivity index (χ0v) is 7.90. The number of nitrogens with zero attached hydrogens (tertiary/aromatic N) is 2. The van der Waals surface area contributed by atoms with Crippen LogP contribution in [0.3, 0.4) is 0 Å². The summed E-state index contributed by atoms with van der Waals surface area (Å²) in [5.74, 6) is 0. The van der Waals surface area contributed by atoms with Gasteiger partial charge in [0.1, 0.15) is 6.33 Å². The third-order valence-corrected chi connectivity index (χ3v) is 1.22. The van der Waals surface area contributed by atoms with Crippen molar-refractivity contribution in [3.05, 3.63) is 24.8 Å². The second-order valence-corrected chi connectivity index (χ2v) is 3.57. The second-order valence-electron chi connectivity index (χ2n) is 2.39. The van der Waals surface area contributed by atoms with Crippen molar-refractivity contribution in [1.82, 2.24) is 15.0 Å². The maximum Gasteiger partial charge on any atom is 0.271 e. The van der Waals surface area contributed by atoms with Gasteiger partial charge in [0.2, 0.25) is 0 Å². The van der Waals surface area contributed by atoms with E-state index in [-0.39, 0.29) is 0 Å². The minimum absolute atomic E-state index is 0.963. The van der Waals surface area contributed by atoms with Crippen molar-refractivity contribution in [2.45, 2.75) is 0 Å². The van der Waals surface area contributed by atoms with Crippen LogP contribution in [-0.4, -0.2) is 23.4 Å². The normalized spacial score (nSPS) is 10.7. The third kappa shape index (κ3) is 3.94. The van der Waals surface area contributed by atoms with Crippen LogP contribution in [0.4, 0.5) is 0 Å². The number of aromatic amines is 1. The van der Waals surface area contributed by atoms with Crippen LogP contribution in [0, 0.1) is 0 Å². The van der Waals surface area contributed by atoms with Gasteiger partial charge in [-0.05, 0) is 6.07 Å². The number of nitrogens with two attached hydrogens (primary N) is 2. The number of hydrogen-bond acceptors (Lipinski definition) is 4. The molecule has 0 saturated carbocycles. The Kier molecular flexibility index (Phi) is 3.12. The predicted octanol–water partition coefficient (Wildman–Crippen LogP) is -0.893. The van der Waals surface area contributed by atoms with Gasteiger partial charge < -0.3 is 4.98 Å². The first-order valence-electron chi connectivity index (χ1n) is 3.50. The summed E-state index contributed by atoms with van der Waals surface area (Å²) in [4.78, 5) is 10.8. The molecule has 76 valence electrons. The summed E-state index contributed by atoms with van der Waals surface area (Å²) in [6, 6.07) is 1.91. The molecule has 0 bridgehead atoms. The molecular formula is C6H9N5O2S. The van der Waals surface area contributed by atoms with Gasteiger partial charge in [-0.25, -0.2) is 20.2 Å². The summed E-state index contributed by atoms with van der Waals surface area (Å²) in [5, 5.41) is 8.21. The van der Waals surface area contributed by atoms with Gasteiger partial charge in [-0.2, -0.15) is 8.42 Å². The molecule has 14 heavy (non-hydrogen) atoms. The molecule has 5 N–H and O–H groups in total. The molecule has 2 aromatic heterocycles. The Morgan fingerprint density at radius 1 is 1.36 bits per heavy atom. The molecule has 0 aliphatic heterocycles. The highest BCUT2D eigenvalue weighted by atomic mass is 32.2. The Morgan fingerprint density at radius 3 is 2.57 bits per heavy atom. The van der Waals surface area contributed by atoms with E-state index in [1.807, 2.05) is 12.3 Å². The number of nitrogens with one attached hydrogen (secondary N) is 1. The molecule has 2 aromatic rings. The molecule has 0 atom stereocenters. The summed E-state index contributed by atoms with van der Waals surface area (Å²) < 4.78 is 18.4. The largest absolute Gasteiger partial charge is 0.359 e. The van der Waals surface area contributed by atoms with Gasteiger partial charge in [0.25, 0.3) is 10.2 Å². The Balaban J connectivity index is 0.000000171. The molecule has 0 aliphatic rings. The highest BCUT2D eigenvalue weighted by Gasteiger charge is 1.89. The molecule has 8 heteroatoms. The lowest BCUT2D eigenvalue weighted by Gasteiger charge is -1.82. The average molecular weight is 215 g/mol.